The molecule has 14 heteroatoms. The number of hydrogen-bond acceptors (Lipinski definition) is 6. The monoisotopic (exact) mass is 529 g/mol. The van der Waals surface area contributed by atoms with Crippen molar-refractivity contribution in [3.63, 3.8) is 0 Å². The van der Waals surface area contributed by atoms with Crippen LogP contribution < -0.4 is 10.6 Å². The molecule has 0 saturated heterocycles. The molecule has 0 aliphatic carbocycles. The lowest BCUT2D eigenvalue weighted by Crippen LogP contribution is -2.33. The number of carbonyl (C=O) groups excluding carboxylic acids is 2. The van der Waals surface area contributed by atoms with E-state index in [9.17, 15) is 23.7 Å². The summed E-state index contributed by atoms with van der Waals surface area (Å²) in [5.74, 6) is -2.28. The van der Waals surface area contributed by atoms with Crippen molar-refractivity contribution in [3.8, 4) is 0 Å². The molecule has 12 nitrogen and oxygen atoms in total. The SMILES string of the molecule is CCN(CC(=O)O)C(C)=O.CCNC(C)=O.I.O=C(O)CNCP(=O)(O)O. The number of rotatable bonds is 8. The quantitative estimate of drug-likeness (QED) is 0.176. The second-order valence-corrected chi connectivity index (χ2v) is 6.30. The van der Waals surface area contributed by atoms with E-state index in [2.05, 4.69) is 10.6 Å². The Morgan fingerprint density at radius 1 is 1.00 bits per heavy atom. The molecule has 0 atom stereocenters. The summed E-state index contributed by atoms with van der Waals surface area (Å²) in [5, 5.41) is 20.9. The van der Waals surface area contributed by atoms with Crippen LogP contribution in [0.5, 0.6) is 0 Å². The van der Waals surface area contributed by atoms with Crippen LogP contribution in [0.3, 0.4) is 0 Å². The van der Waals surface area contributed by atoms with Gasteiger partial charge in [0.05, 0.1) is 12.8 Å². The maximum absolute atomic E-state index is 10.6. The summed E-state index contributed by atoms with van der Waals surface area (Å²) in [5.41, 5.74) is 0. The Kier molecular flexibility index (Phi) is 24.0. The third-order valence-corrected chi connectivity index (χ3v) is 2.81. The molecule has 0 aliphatic heterocycles. The predicted molar refractivity (Wildman–Crippen MR) is 108 cm³/mol. The Bertz CT molecular complexity index is 499. The molecule has 0 unspecified atom stereocenters. The molecule has 2 amide bonds. The first kappa shape index (κ1) is 33.3. The highest BCUT2D eigenvalue weighted by molar-refractivity contribution is 14.0. The highest BCUT2D eigenvalue weighted by Gasteiger charge is 2.11. The van der Waals surface area contributed by atoms with Gasteiger partial charge in [0, 0.05) is 26.9 Å². The van der Waals surface area contributed by atoms with Crippen LogP contribution in [0, 0.1) is 0 Å². The van der Waals surface area contributed by atoms with Gasteiger partial charge in [-0.05, 0) is 13.8 Å². The average molecular weight is 529 g/mol. The van der Waals surface area contributed by atoms with Crippen LogP contribution in [0.4, 0.5) is 0 Å². The van der Waals surface area contributed by atoms with Crippen LogP contribution in [0.1, 0.15) is 27.7 Å². The normalized spacial score (nSPS) is 9.26. The number of carboxylic acid groups (broad SMARTS) is 2. The molecule has 6 N–H and O–H groups in total. The molecular formula is C13H29IN3O9P. The lowest BCUT2D eigenvalue weighted by atomic mass is 10.5. The van der Waals surface area contributed by atoms with Crippen LogP contribution in [-0.4, -0.2) is 81.1 Å². The van der Waals surface area contributed by atoms with Gasteiger partial charge in [-0.3, -0.25) is 29.1 Å². The molecule has 0 spiro atoms. The molecule has 0 heterocycles. The Morgan fingerprint density at radius 3 is 1.63 bits per heavy atom. The third kappa shape index (κ3) is 36.4. The predicted octanol–water partition coefficient (Wildman–Crippen LogP) is -0.504. The molecule has 0 aromatic heterocycles. The van der Waals surface area contributed by atoms with Crippen molar-refractivity contribution < 1.29 is 43.7 Å². The van der Waals surface area contributed by atoms with E-state index < -0.39 is 32.4 Å². The summed E-state index contributed by atoms with van der Waals surface area (Å²) >= 11 is 0. The van der Waals surface area contributed by atoms with Gasteiger partial charge in [0.2, 0.25) is 11.8 Å². The lowest BCUT2D eigenvalue weighted by Gasteiger charge is -2.14. The second-order valence-electron chi connectivity index (χ2n) is 4.66. The Hall–Kier alpha value is -1.28. The van der Waals surface area contributed by atoms with E-state index in [4.69, 9.17) is 20.0 Å². The molecular weight excluding hydrogens is 500 g/mol. The lowest BCUT2D eigenvalue weighted by molar-refractivity contribution is -0.143. The van der Waals surface area contributed by atoms with Crippen molar-refractivity contribution in [2.24, 2.45) is 0 Å². The summed E-state index contributed by atoms with van der Waals surface area (Å²) < 4.78 is 10.1. The highest BCUT2D eigenvalue weighted by atomic mass is 127. The first-order chi connectivity index (χ1) is 11.8. The maximum Gasteiger partial charge on any atom is 0.339 e. The molecule has 0 saturated carbocycles. The summed E-state index contributed by atoms with van der Waals surface area (Å²) in [7, 11) is -4.10. The topological polar surface area (TPSA) is 194 Å². The van der Waals surface area contributed by atoms with Gasteiger partial charge in [0.15, 0.2) is 0 Å². The van der Waals surface area contributed by atoms with Crippen molar-refractivity contribution in [1.29, 1.82) is 0 Å². The standard InChI is InChI=1S/C6H11NO3.C4H9NO.C3H8NO5P.HI/c1-3-7(5(2)8)4-6(9)10;1-3-5-4(2)6;5-3(6)1-4-2-10(7,8)9;/h3-4H2,1-2H3,(H,9,10);3H2,1-2H3,(H,5,6);4H,1-2H2,(H,5,6)(H2,7,8,9);1H. The van der Waals surface area contributed by atoms with Crippen LogP contribution in [0.2, 0.25) is 0 Å². The molecule has 0 aromatic carbocycles. The van der Waals surface area contributed by atoms with Gasteiger partial charge in [-0.25, -0.2) is 0 Å². The summed E-state index contributed by atoms with van der Waals surface area (Å²) in [6.45, 7) is 7.02. The van der Waals surface area contributed by atoms with Crippen molar-refractivity contribution in [2.75, 3.05) is 32.5 Å². The van der Waals surface area contributed by atoms with Crippen LogP contribution in [-0.2, 0) is 23.7 Å². The Morgan fingerprint density at radius 2 is 1.48 bits per heavy atom. The van der Waals surface area contributed by atoms with E-state index in [-0.39, 0.29) is 42.3 Å². The maximum atomic E-state index is 10.6. The summed E-state index contributed by atoms with van der Waals surface area (Å²) in [6, 6.07) is 0. The van der Waals surface area contributed by atoms with E-state index in [1.807, 2.05) is 6.92 Å². The largest absolute Gasteiger partial charge is 0.480 e. The molecule has 0 rings (SSSR count). The van der Waals surface area contributed by atoms with E-state index in [0.717, 1.165) is 6.54 Å². The van der Waals surface area contributed by atoms with Crippen LogP contribution >= 0.6 is 31.6 Å². The molecule has 0 radical (unpaired) electrons. The van der Waals surface area contributed by atoms with Gasteiger partial charge in [0.25, 0.3) is 0 Å². The zero-order valence-corrected chi connectivity index (χ0v) is 18.9. The Balaban J connectivity index is -0.000000149. The van der Waals surface area contributed by atoms with Crippen molar-refractivity contribution >= 4 is 55.3 Å². The fourth-order valence-corrected chi connectivity index (χ4v) is 1.57. The van der Waals surface area contributed by atoms with Gasteiger partial charge < -0.3 is 30.2 Å². The molecule has 27 heavy (non-hydrogen) atoms. The van der Waals surface area contributed by atoms with Gasteiger partial charge >= 0.3 is 19.5 Å². The van der Waals surface area contributed by atoms with Gasteiger partial charge in [-0.1, -0.05) is 0 Å². The van der Waals surface area contributed by atoms with E-state index in [1.54, 1.807) is 6.92 Å². The van der Waals surface area contributed by atoms with Gasteiger partial charge in [-0.15, -0.1) is 24.0 Å². The molecule has 0 bridgehead atoms. The number of carbonyl (C=O) groups is 4. The van der Waals surface area contributed by atoms with E-state index >= 15 is 0 Å². The number of amides is 2. The zero-order chi connectivity index (χ0) is 21.3. The van der Waals surface area contributed by atoms with E-state index in [1.165, 1.54) is 18.7 Å². The van der Waals surface area contributed by atoms with Crippen molar-refractivity contribution in [2.45, 2.75) is 27.7 Å². The first-order valence-corrected chi connectivity index (χ1v) is 9.25. The van der Waals surface area contributed by atoms with Gasteiger partial charge in [0.1, 0.15) is 6.54 Å². The number of likely N-dealkylation sites (N-methyl/N-ethyl adjacent to an activating group) is 1. The molecule has 0 fully saturated rings. The highest BCUT2D eigenvalue weighted by Crippen LogP contribution is 2.31. The second kappa shape index (κ2) is 19.5. The minimum absolute atomic E-state index is 0. The summed E-state index contributed by atoms with van der Waals surface area (Å²) in [6.07, 6.45) is -0.598. The third-order valence-electron chi connectivity index (χ3n) is 2.17. The minimum Gasteiger partial charge on any atom is -0.480 e. The number of nitrogens with zero attached hydrogens (tertiary/aromatic N) is 1. The number of aliphatic carboxylic acids is 2. The first-order valence-electron chi connectivity index (χ1n) is 7.45. The minimum atomic E-state index is -4.10. The van der Waals surface area contributed by atoms with Crippen LogP contribution in [0.15, 0.2) is 0 Å². The summed E-state index contributed by atoms with van der Waals surface area (Å²) in [4.78, 5) is 58.0. The fraction of sp³-hybridized carbons (Fsp3) is 0.692. The number of hydrogen-bond donors (Lipinski definition) is 6. The zero-order valence-electron chi connectivity index (χ0n) is 15.7. The Labute approximate surface area is 174 Å². The average Bonchev–Trinajstić information content (AvgIpc) is 2.43. The smallest absolute Gasteiger partial charge is 0.339 e. The number of carboxylic acids is 2. The molecule has 162 valence electrons. The van der Waals surface area contributed by atoms with E-state index in [0.29, 0.717) is 6.54 Å². The molecule has 0 aliphatic rings. The van der Waals surface area contributed by atoms with Crippen molar-refractivity contribution in [3.05, 3.63) is 0 Å². The number of nitrogens with one attached hydrogen (secondary N) is 2. The molecule has 0 aromatic rings. The van der Waals surface area contributed by atoms with Crippen molar-refractivity contribution in [1.82, 2.24) is 15.5 Å². The van der Waals surface area contributed by atoms with Gasteiger partial charge in [-0.2, -0.15) is 0 Å². The van der Waals surface area contributed by atoms with Crippen LogP contribution in [0.25, 0.3) is 0 Å². The number of halogens is 1. The fourth-order valence-electron chi connectivity index (χ4n) is 1.17.